The van der Waals surface area contributed by atoms with Gasteiger partial charge in [0.25, 0.3) is 0 Å². The van der Waals surface area contributed by atoms with Gasteiger partial charge in [0.15, 0.2) is 5.96 Å². The molecule has 0 saturated carbocycles. The van der Waals surface area contributed by atoms with Crippen molar-refractivity contribution in [3.8, 4) is 11.5 Å². The van der Waals surface area contributed by atoms with Gasteiger partial charge in [0.05, 0.1) is 14.2 Å². The van der Waals surface area contributed by atoms with Gasteiger partial charge in [0.2, 0.25) is 0 Å². The van der Waals surface area contributed by atoms with Crippen LogP contribution in [0.3, 0.4) is 0 Å². The molecule has 0 amide bonds. The summed E-state index contributed by atoms with van der Waals surface area (Å²) in [7, 11) is 3.42. The Bertz CT molecular complexity index is 616. The fourth-order valence-corrected chi connectivity index (χ4v) is 3.44. The topological polar surface area (TPSA) is 58.6 Å². The molecule has 1 fully saturated rings. The first kappa shape index (κ1) is 23.3. The van der Waals surface area contributed by atoms with E-state index in [0.29, 0.717) is 0 Å². The molecule has 0 unspecified atom stereocenters. The third-order valence-corrected chi connectivity index (χ3v) is 5.05. The number of nitrogens with zero attached hydrogens (tertiary/aromatic N) is 3. The van der Waals surface area contributed by atoms with Crippen LogP contribution in [0.2, 0.25) is 0 Å². The molecule has 0 atom stereocenters. The van der Waals surface area contributed by atoms with Crippen LogP contribution in [0.5, 0.6) is 11.5 Å². The van der Waals surface area contributed by atoms with Crippen LogP contribution in [0.1, 0.15) is 32.3 Å². The fourth-order valence-electron chi connectivity index (χ4n) is 3.44. The van der Waals surface area contributed by atoms with Gasteiger partial charge in [-0.05, 0) is 44.9 Å². The summed E-state index contributed by atoms with van der Waals surface area (Å²) >= 11 is 0. The summed E-state index contributed by atoms with van der Waals surface area (Å²) in [5, 5.41) is 3.44. The molecule has 7 nitrogen and oxygen atoms in total. The van der Waals surface area contributed by atoms with Gasteiger partial charge in [-0.25, -0.2) is 0 Å². The molecule has 1 aliphatic heterocycles. The van der Waals surface area contributed by atoms with Crippen LogP contribution < -0.4 is 14.8 Å². The van der Waals surface area contributed by atoms with Crippen molar-refractivity contribution in [2.45, 2.75) is 33.2 Å². The zero-order chi connectivity index (χ0) is 20.9. The molecule has 1 aromatic carbocycles. The average Bonchev–Trinajstić information content (AvgIpc) is 2.76. The van der Waals surface area contributed by atoms with Crippen molar-refractivity contribution in [3.63, 3.8) is 0 Å². The van der Waals surface area contributed by atoms with Crippen molar-refractivity contribution in [1.82, 2.24) is 15.1 Å². The Kier molecular flexibility index (Phi) is 10.7. The molecule has 1 saturated heterocycles. The third-order valence-electron chi connectivity index (χ3n) is 5.05. The van der Waals surface area contributed by atoms with E-state index >= 15 is 0 Å². The molecule has 1 aromatic rings. The third kappa shape index (κ3) is 7.74. The van der Waals surface area contributed by atoms with E-state index in [4.69, 9.17) is 19.2 Å². The van der Waals surface area contributed by atoms with E-state index in [0.717, 1.165) is 94.9 Å². The van der Waals surface area contributed by atoms with Crippen LogP contribution in [0.4, 0.5) is 0 Å². The van der Waals surface area contributed by atoms with Gasteiger partial charge < -0.3 is 24.4 Å². The summed E-state index contributed by atoms with van der Waals surface area (Å²) in [5.41, 5.74) is 1.16. The number of rotatable bonds is 11. The average molecular weight is 407 g/mol. The van der Waals surface area contributed by atoms with Crippen molar-refractivity contribution in [2.24, 2.45) is 4.99 Å². The molecular formula is C22H38N4O3. The Hall–Kier alpha value is -1.99. The normalized spacial score (nSPS) is 15.4. The maximum Gasteiger partial charge on any atom is 0.194 e. The number of ether oxygens (including phenoxy) is 3. The Morgan fingerprint density at radius 2 is 1.86 bits per heavy atom. The summed E-state index contributed by atoms with van der Waals surface area (Å²) in [6.07, 6.45) is 2.12. The Morgan fingerprint density at radius 3 is 2.52 bits per heavy atom. The lowest BCUT2D eigenvalue weighted by atomic mass is 10.1. The molecule has 0 bridgehead atoms. The number of piperazine rings is 1. The second-order valence-corrected chi connectivity index (χ2v) is 7.08. The van der Waals surface area contributed by atoms with Gasteiger partial charge >= 0.3 is 0 Å². The van der Waals surface area contributed by atoms with Crippen LogP contribution >= 0.6 is 0 Å². The minimum atomic E-state index is 0.790. The highest BCUT2D eigenvalue weighted by Crippen LogP contribution is 2.25. The second-order valence-electron chi connectivity index (χ2n) is 7.08. The van der Waals surface area contributed by atoms with Gasteiger partial charge in [0.1, 0.15) is 11.5 Å². The molecule has 1 aliphatic rings. The van der Waals surface area contributed by atoms with E-state index in [9.17, 15) is 0 Å². The molecule has 0 aliphatic carbocycles. The maximum atomic E-state index is 5.53. The Morgan fingerprint density at radius 1 is 1.07 bits per heavy atom. The SMILES string of the molecule is CCNC(=NCCCCOCC)N1CCN(Cc2cc(OC)ccc2OC)CC1. The predicted octanol–water partition coefficient (Wildman–Crippen LogP) is 2.60. The molecule has 164 valence electrons. The molecular weight excluding hydrogens is 368 g/mol. The minimum absolute atomic E-state index is 0.790. The zero-order valence-electron chi connectivity index (χ0n) is 18.6. The number of aliphatic imine (C=N–C) groups is 1. The highest BCUT2D eigenvalue weighted by Gasteiger charge is 2.20. The van der Waals surface area contributed by atoms with Crippen molar-refractivity contribution in [1.29, 1.82) is 0 Å². The van der Waals surface area contributed by atoms with Gasteiger partial charge in [-0.1, -0.05) is 0 Å². The first-order valence-electron chi connectivity index (χ1n) is 10.8. The number of guanidine groups is 1. The predicted molar refractivity (Wildman–Crippen MR) is 118 cm³/mol. The lowest BCUT2D eigenvalue weighted by Crippen LogP contribution is -2.52. The molecule has 7 heteroatoms. The number of benzene rings is 1. The summed E-state index contributed by atoms with van der Waals surface area (Å²) in [6, 6.07) is 5.98. The van der Waals surface area contributed by atoms with E-state index in [1.807, 2.05) is 19.1 Å². The van der Waals surface area contributed by atoms with Crippen LogP contribution in [0.15, 0.2) is 23.2 Å². The molecule has 0 radical (unpaired) electrons. The molecule has 0 aromatic heterocycles. The molecule has 1 N–H and O–H groups in total. The van der Waals surface area contributed by atoms with Gasteiger partial charge in [0, 0.05) is 64.6 Å². The maximum absolute atomic E-state index is 5.53. The lowest BCUT2D eigenvalue weighted by molar-refractivity contribution is 0.144. The Balaban J connectivity index is 1.86. The van der Waals surface area contributed by atoms with Crippen LogP contribution in [-0.2, 0) is 11.3 Å². The summed E-state index contributed by atoms with van der Waals surface area (Å²) in [5.74, 6) is 2.81. The number of hydrogen-bond donors (Lipinski definition) is 1. The van der Waals surface area contributed by atoms with Gasteiger partial charge in [-0.2, -0.15) is 0 Å². The monoisotopic (exact) mass is 406 g/mol. The van der Waals surface area contributed by atoms with E-state index < -0.39 is 0 Å². The number of unbranched alkanes of at least 4 members (excludes halogenated alkanes) is 1. The van der Waals surface area contributed by atoms with E-state index in [1.165, 1.54) is 0 Å². The second kappa shape index (κ2) is 13.3. The zero-order valence-corrected chi connectivity index (χ0v) is 18.6. The van der Waals surface area contributed by atoms with Crippen molar-refractivity contribution >= 4 is 5.96 Å². The molecule has 0 spiro atoms. The minimum Gasteiger partial charge on any atom is -0.497 e. The summed E-state index contributed by atoms with van der Waals surface area (Å²) in [4.78, 5) is 9.64. The number of hydrogen-bond acceptors (Lipinski definition) is 5. The van der Waals surface area contributed by atoms with Gasteiger partial charge in [-0.3, -0.25) is 9.89 Å². The highest BCUT2D eigenvalue weighted by atomic mass is 16.5. The Labute approximate surface area is 176 Å². The van der Waals surface area contributed by atoms with Crippen LogP contribution in [0, 0.1) is 0 Å². The molecule has 1 heterocycles. The number of methoxy groups -OCH3 is 2. The molecule has 29 heavy (non-hydrogen) atoms. The van der Waals surface area contributed by atoms with Gasteiger partial charge in [-0.15, -0.1) is 0 Å². The quantitative estimate of drug-likeness (QED) is 0.346. The molecule has 2 rings (SSSR count). The van der Waals surface area contributed by atoms with E-state index in [-0.39, 0.29) is 0 Å². The highest BCUT2D eigenvalue weighted by molar-refractivity contribution is 5.80. The van der Waals surface area contributed by atoms with Crippen molar-refractivity contribution in [3.05, 3.63) is 23.8 Å². The number of nitrogens with one attached hydrogen (secondary N) is 1. The lowest BCUT2D eigenvalue weighted by Gasteiger charge is -2.36. The van der Waals surface area contributed by atoms with Crippen LogP contribution in [0.25, 0.3) is 0 Å². The summed E-state index contributed by atoms with van der Waals surface area (Å²) in [6.45, 7) is 12.3. The summed E-state index contributed by atoms with van der Waals surface area (Å²) < 4.78 is 16.3. The fraction of sp³-hybridized carbons (Fsp3) is 0.682. The first-order chi connectivity index (χ1) is 14.2. The van der Waals surface area contributed by atoms with Crippen molar-refractivity contribution < 1.29 is 14.2 Å². The largest absolute Gasteiger partial charge is 0.497 e. The van der Waals surface area contributed by atoms with Crippen LogP contribution in [-0.4, -0.2) is 82.5 Å². The first-order valence-corrected chi connectivity index (χ1v) is 10.8. The van der Waals surface area contributed by atoms with E-state index in [2.05, 4.69) is 28.1 Å². The standard InChI is InChI=1S/C22H38N4O3/c1-5-23-22(24-11-7-8-16-29-6-2)26-14-12-25(13-15-26)18-19-17-20(27-3)9-10-21(19)28-4/h9-10,17H,5-8,11-16,18H2,1-4H3,(H,23,24). The van der Waals surface area contributed by atoms with Crippen molar-refractivity contribution in [2.75, 3.05) is 66.7 Å². The van der Waals surface area contributed by atoms with E-state index in [1.54, 1.807) is 14.2 Å². The smallest absolute Gasteiger partial charge is 0.194 e.